The van der Waals surface area contributed by atoms with Gasteiger partial charge in [0.1, 0.15) is 6.61 Å². The van der Waals surface area contributed by atoms with Gasteiger partial charge in [0.15, 0.2) is 0 Å². The Bertz CT molecular complexity index is 856. The molecule has 2 atom stereocenters. The van der Waals surface area contributed by atoms with Crippen LogP contribution in [0.5, 0.6) is 0 Å². The van der Waals surface area contributed by atoms with Crippen LogP contribution in [0.2, 0.25) is 0 Å². The Morgan fingerprint density at radius 1 is 1.11 bits per heavy atom. The second kappa shape index (κ2) is 7.83. The lowest BCUT2D eigenvalue weighted by Gasteiger charge is -2.44. The number of nitrogens with zero attached hydrogens (tertiary/aromatic N) is 1. The summed E-state index contributed by atoms with van der Waals surface area (Å²) in [7, 11) is 0. The highest BCUT2D eigenvalue weighted by Crippen LogP contribution is 2.38. The van der Waals surface area contributed by atoms with Crippen molar-refractivity contribution in [2.75, 3.05) is 0 Å². The number of carbonyl (C=O) groups excluding carboxylic acids is 1. The molecular formula is C24H25NO2. The van der Waals surface area contributed by atoms with E-state index in [1.807, 2.05) is 47.4 Å². The molecule has 0 aromatic heterocycles. The van der Waals surface area contributed by atoms with Crippen LogP contribution in [0, 0.1) is 0 Å². The quantitative estimate of drug-likeness (QED) is 0.703. The van der Waals surface area contributed by atoms with Gasteiger partial charge in [-0.3, -0.25) is 4.90 Å². The number of hydrogen-bond donors (Lipinski definition) is 0. The van der Waals surface area contributed by atoms with Gasteiger partial charge in [0.2, 0.25) is 0 Å². The Morgan fingerprint density at radius 3 is 2.67 bits per heavy atom. The zero-order valence-electron chi connectivity index (χ0n) is 15.5. The second-order valence-corrected chi connectivity index (χ2v) is 7.29. The monoisotopic (exact) mass is 359 g/mol. The van der Waals surface area contributed by atoms with Gasteiger partial charge in [-0.15, -0.1) is 0 Å². The summed E-state index contributed by atoms with van der Waals surface area (Å²) in [5.41, 5.74) is 4.74. The maximum atomic E-state index is 12.8. The zero-order chi connectivity index (χ0) is 18.6. The van der Waals surface area contributed by atoms with Crippen molar-refractivity contribution < 1.29 is 9.53 Å². The van der Waals surface area contributed by atoms with Crippen molar-refractivity contribution in [1.29, 1.82) is 0 Å². The molecule has 0 saturated carbocycles. The lowest BCUT2D eigenvalue weighted by Crippen LogP contribution is -2.51. The van der Waals surface area contributed by atoms with E-state index in [2.05, 4.69) is 30.9 Å². The van der Waals surface area contributed by atoms with E-state index in [1.165, 1.54) is 11.1 Å². The van der Waals surface area contributed by atoms with Gasteiger partial charge in [0.25, 0.3) is 0 Å². The number of benzene rings is 2. The highest BCUT2D eigenvalue weighted by Gasteiger charge is 2.38. The van der Waals surface area contributed by atoms with Gasteiger partial charge in [0, 0.05) is 6.04 Å². The van der Waals surface area contributed by atoms with Gasteiger partial charge >= 0.3 is 6.09 Å². The van der Waals surface area contributed by atoms with Crippen LogP contribution >= 0.6 is 0 Å². The number of carbonyl (C=O) groups is 1. The standard InChI is InChI=1S/C24H25NO2/c1-2-19-11-6-7-14-23(19)20-15-21-12-8-13-22(16-20)25(21)24(26)27-17-18-9-4-3-5-10-18/h2-7,9-11,14-15,21-22H,1,8,12-13,16-17H2. The summed E-state index contributed by atoms with van der Waals surface area (Å²) >= 11 is 0. The van der Waals surface area contributed by atoms with Crippen molar-refractivity contribution in [3.05, 3.63) is 83.9 Å². The smallest absolute Gasteiger partial charge is 0.410 e. The number of amides is 1. The van der Waals surface area contributed by atoms with Crippen LogP contribution in [0.3, 0.4) is 0 Å². The lowest BCUT2D eigenvalue weighted by atomic mass is 9.82. The minimum absolute atomic E-state index is 0.119. The molecule has 1 saturated heterocycles. The number of fused-ring (bicyclic) bond motifs is 2. The molecule has 2 aromatic carbocycles. The first-order valence-electron chi connectivity index (χ1n) is 9.68. The summed E-state index contributed by atoms with van der Waals surface area (Å²) in [6.45, 7) is 4.27. The molecule has 2 aliphatic heterocycles. The molecule has 0 radical (unpaired) electrons. The van der Waals surface area contributed by atoms with Crippen molar-refractivity contribution >= 4 is 17.7 Å². The largest absolute Gasteiger partial charge is 0.445 e. The lowest BCUT2D eigenvalue weighted by molar-refractivity contribution is 0.0510. The Kier molecular flexibility index (Phi) is 5.10. The Morgan fingerprint density at radius 2 is 1.89 bits per heavy atom. The van der Waals surface area contributed by atoms with Crippen LogP contribution in [0.15, 0.2) is 67.3 Å². The number of rotatable bonds is 4. The molecule has 2 unspecified atom stereocenters. The van der Waals surface area contributed by atoms with Crippen molar-refractivity contribution in [3.8, 4) is 0 Å². The summed E-state index contributed by atoms with van der Waals surface area (Å²) in [6, 6.07) is 18.5. The normalized spacial score (nSPS) is 21.3. The van der Waals surface area contributed by atoms with Gasteiger partial charge in [-0.05, 0) is 47.9 Å². The highest BCUT2D eigenvalue weighted by molar-refractivity contribution is 5.78. The molecule has 27 heavy (non-hydrogen) atoms. The molecule has 3 heteroatoms. The average Bonchev–Trinajstić information content (AvgIpc) is 2.71. The molecule has 2 aromatic rings. The highest BCUT2D eigenvalue weighted by atomic mass is 16.6. The third-order valence-corrected chi connectivity index (χ3v) is 5.58. The predicted molar refractivity (Wildman–Crippen MR) is 109 cm³/mol. The number of ether oxygens (including phenoxy) is 1. The predicted octanol–water partition coefficient (Wildman–Crippen LogP) is 5.68. The van der Waals surface area contributed by atoms with Gasteiger partial charge in [-0.25, -0.2) is 4.79 Å². The molecule has 0 spiro atoms. The van der Waals surface area contributed by atoms with Crippen LogP contribution in [-0.4, -0.2) is 23.1 Å². The Hall–Kier alpha value is -2.81. The fraction of sp³-hybridized carbons (Fsp3) is 0.292. The van der Waals surface area contributed by atoms with Gasteiger partial charge in [-0.1, -0.05) is 73.3 Å². The van der Waals surface area contributed by atoms with E-state index in [0.29, 0.717) is 6.61 Å². The van der Waals surface area contributed by atoms with Crippen molar-refractivity contribution in [1.82, 2.24) is 4.90 Å². The molecule has 2 heterocycles. The third-order valence-electron chi connectivity index (χ3n) is 5.58. The molecule has 3 nitrogen and oxygen atoms in total. The van der Waals surface area contributed by atoms with Gasteiger partial charge in [0.05, 0.1) is 6.04 Å². The number of piperidine rings is 1. The Labute approximate surface area is 161 Å². The molecule has 0 N–H and O–H groups in total. The molecule has 2 aliphatic rings. The zero-order valence-corrected chi connectivity index (χ0v) is 15.5. The van der Waals surface area contributed by atoms with Crippen molar-refractivity contribution in [2.45, 2.75) is 44.4 Å². The summed E-state index contributed by atoms with van der Waals surface area (Å²) in [5, 5.41) is 0. The maximum absolute atomic E-state index is 12.8. The average molecular weight is 359 g/mol. The summed E-state index contributed by atoms with van der Waals surface area (Å²) in [5.74, 6) is 0. The SMILES string of the molecule is C=Cc1ccccc1C1=CC2CCCC(C1)N2C(=O)OCc1ccccc1. The molecular weight excluding hydrogens is 334 g/mol. The fourth-order valence-corrected chi connectivity index (χ4v) is 4.28. The second-order valence-electron chi connectivity index (χ2n) is 7.29. The van der Waals surface area contributed by atoms with Crippen LogP contribution in [-0.2, 0) is 11.3 Å². The minimum Gasteiger partial charge on any atom is -0.445 e. The van der Waals surface area contributed by atoms with E-state index in [1.54, 1.807) is 0 Å². The molecule has 1 fully saturated rings. The van der Waals surface area contributed by atoms with Crippen molar-refractivity contribution in [3.63, 3.8) is 0 Å². The fourth-order valence-electron chi connectivity index (χ4n) is 4.28. The van der Waals surface area contributed by atoms with Crippen LogP contribution in [0.4, 0.5) is 4.79 Å². The summed E-state index contributed by atoms with van der Waals surface area (Å²) in [4.78, 5) is 14.8. The van der Waals surface area contributed by atoms with Crippen LogP contribution in [0.1, 0.15) is 42.4 Å². The summed E-state index contributed by atoms with van der Waals surface area (Å²) < 4.78 is 5.63. The van der Waals surface area contributed by atoms with E-state index in [9.17, 15) is 4.79 Å². The van der Waals surface area contributed by atoms with Gasteiger partial charge in [-0.2, -0.15) is 0 Å². The van der Waals surface area contributed by atoms with E-state index in [4.69, 9.17) is 4.74 Å². The molecule has 4 rings (SSSR count). The third kappa shape index (κ3) is 3.68. The Balaban J connectivity index is 1.53. The van der Waals surface area contributed by atoms with Crippen LogP contribution < -0.4 is 0 Å². The van der Waals surface area contributed by atoms with E-state index in [0.717, 1.165) is 36.8 Å². The van der Waals surface area contributed by atoms with E-state index >= 15 is 0 Å². The summed E-state index contributed by atoms with van der Waals surface area (Å²) in [6.07, 6.45) is 8.04. The molecule has 2 bridgehead atoms. The molecule has 1 amide bonds. The molecule has 138 valence electrons. The maximum Gasteiger partial charge on any atom is 0.410 e. The topological polar surface area (TPSA) is 29.5 Å². The van der Waals surface area contributed by atoms with E-state index < -0.39 is 0 Å². The number of hydrogen-bond acceptors (Lipinski definition) is 2. The van der Waals surface area contributed by atoms with Gasteiger partial charge < -0.3 is 4.74 Å². The first-order valence-corrected chi connectivity index (χ1v) is 9.68. The first kappa shape index (κ1) is 17.6. The first-order chi connectivity index (χ1) is 13.3. The van der Waals surface area contributed by atoms with Crippen LogP contribution in [0.25, 0.3) is 11.6 Å². The van der Waals surface area contributed by atoms with E-state index in [-0.39, 0.29) is 18.2 Å². The van der Waals surface area contributed by atoms with Crippen molar-refractivity contribution in [2.24, 2.45) is 0 Å². The minimum atomic E-state index is -0.194. The molecule has 0 aliphatic carbocycles.